The van der Waals surface area contributed by atoms with Crippen molar-refractivity contribution >= 4 is 22.5 Å². The number of nitrogens with zero attached hydrogens (tertiary/aromatic N) is 2. The normalized spacial score (nSPS) is 15.9. The van der Waals surface area contributed by atoms with Crippen molar-refractivity contribution in [1.82, 2.24) is 10.3 Å². The van der Waals surface area contributed by atoms with Gasteiger partial charge < -0.3 is 15.4 Å². The number of carbonyl (C=O) groups is 1. The molecule has 2 heterocycles. The summed E-state index contributed by atoms with van der Waals surface area (Å²) in [6.07, 6.45) is 3.07. The molecule has 0 radical (unpaired) electrons. The molecule has 2 N–H and O–H groups in total. The Morgan fingerprint density at radius 2 is 2.24 bits per heavy atom. The van der Waals surface area contributed by atoms with E-state index in [2.05, 4.69) is 33.5 Å². The molecule has 1 atom stereocenters. The van der Waals surface area contributed by atoms with Crippen molar-refractivity contribution in [3.8, 4) is 23.7 Å². The van der Waals surface area contributed by atoms with E-state index in [9.17, 15) is 10.1 Å². The quantitative estimate of drug-likeness (QED) is 0.837. The molecule has 3 rings (SSSR count). The Morgan fingerprint density at radius 1 is 1.40 bits per heavy atom. The molecule has 6 nitrogen and oxygen atoms in total. The Kier molecular flexibility index (Phi) is 4.72. The third kappa shape index (κ3) is 3.34. The standard InChI is InChI=1S/C19H18N4O2/c1-3-4-12-10-21-19(22-11-14-5-6-18(24)23-14)16-8-17(25-2)13(9-20)7-15(12)16/h7-8,10,14H,5-6,11H2,1-2H3,(H,21,22)(H,23,24). The number of anilines is 1. The van der Waals surface area contributed by atoms with E-state index in [1.165, 1.54) is 7.11 Å². The number of fused-ring (bicyclic) bond motifs is 1. The van der Waals surface area contributed by atoms with Crippen LogP contribution in [-0.2, 0) is 4.79 Å². The molecule has 1 aromatic heterocycles. The van der Waals surface area contributed by atoms with Gasteiger partial charge in [0.2, 0.25) is 5.91 Å². The van der Waals surface area contributed by atoms with Gasteiger partial charge in [0.1, 0.15) is 17.6 Å². The van der Waals surface area contributed by atoms with E-state index >= 15 is 0 Å². The highest BCUT2D eigenvalue weighted by atomic mass is 16.5. The lowest BCUT2D eigenvalue weighted by atomic mass is 10.0. The number of ether oxygens (including phenoxy) is 1. The Balaban J connectivity index is 2.02. The lowest BCUT2D eigenvalue weighted by molar-refractivity contribution is -0.119. The van der Waals surface area contributed by atoms with Gasteiger partial charge in [-0.2, -0.15) is 5.26 Å². The zero-order valence-electron chi connectivity index (χ0n) is 14.1. The maximum atomic E-state index is 11.3. The number of hydrogen-bond acceptors (Lipinski definition) is 5. The van der Waals surface area contributed by atoms with Crippen molar-refractivity contribution in [1.29, 1.82) is 5.26 Å². The number of amides is 1. The van der Waals surface area contributed by atoms with Gasteiger partial charge in [-0.25, -0.2) is 4.98 Å². The van der Waals surface area contributed by atoms with Gasteiger partial charge in [-0.15, -0.1) is 5.92 Å². The zero-order chi connectivity index (χ0) is 17.8. The number of nitriles is 1. The second-order valence-corrected chi connectivity index (χ2v) is 5.79. The SMILES string of the molecule is CC#Cc1cnc(NCC2CCC(=O)N2)c2cc(OC)c(C#N)cc12. The van der Waals surface area contributed by atoms with Crippen LogP contribution in [0.1, 0.15) is 30.9 Å². The summed E-state index contributed by atoms with van der Waals surface area (Å²) in [7, 11) is 1.53. The minimum absolute atomic E-state index is 0.0820. The van der Waals surface area contributed by atoms with Crippen molar-refractivity contribution in [2.75, 3.05) is 19.0 Å². The number of carbonyl (C=O) groups excluding carboxylic acids is 1. The summed E-state index contributed by atoms with van der Waals surface area (Å²) in [6.45, 7) is 2.35. The number of benzene rings is 1. The molecule has 0 bridgehead atoms. The van der Waals surface area contributed by atoms with Crippen LogP contribution in [0, 0.1) is 23.2 Å². The van der Waals surface area contributed by atoms with E-state index < -0.39 is 0 Å². The van der Waals surface area contributed by atoms with E-state index in [0.29, 0.717) is 30.1 Å². The van der Waals surface area contributed by atoms with E-state index in [4.69, 9.17) is 4.74 Å². The predicted molar refractivity (Wildman–Crippen MR) is 95.2 cm³/mol. The molecule has 126 valence electrons. The number of hydrogen-bond donors (Lipinski definition) is 2. The number of pyridine rings is 1. The number of aromatic nitrogens is 1. The number of rotatable bonds is 4. The smallest absolute Gasteiger partial charge is 0.220 e. The Morgan fingerprint density at radius 3 is 2.88 bits per heavy atom. The van der Waals surface area contributed by atoms with Gasteiger partial charge >= 0.3 is 0 Å². The Bertz CT molecular complexity index is 934. The summed E-state index contributed by atoms with van der Waals surface area (Å²) >= 11 is 0. The summed E-state index contributed by atoms with van der Waals surface area (Å²) in [5, 5.41) is 17.2. The molecule has 0 saturated carbocycles. The van der Waals surface area contributed by atoms with Gasteiger partial charge in [0.05, 0.1) is 18.2 Å². The summed E-state index contributed by atoms with van der Waals surface area (Å²) < 4.78 is 5.32. The van der Waals surface area contributed by atoms with Crippen molar-refractivity contribution in [3.63, 3.8) is 0 Å². The van der Waals surface area contributed by atoms with Gasteiger partial charge in [-0.05, 0) is 25.5 Å². The minimum atomic E-state index is 0.0820. The summed E-state index contributed by atoms with van der Waals surface area (Å²) in [6, 6.07) is 5.82. The topological polar surface area (TPSA) is 87.0 Å². The molecule has 1 saturated heterocycles. The molecular weight excluding hydrogens is 316 g/mol. The van der Waals surface area contributed by atoms with Crippen LogP contribution in [0.15, 0.2) is 18.3 Å². The molecule has 0 spiro atoms. The Labute approximate surface area is 146 Å². The van der Waals surface area contributed by atoms with Gasteiger partial charge in [-0.3, -0.25) is 4.79 Å². The average molecular weight is 334 g/mol. The minimum Gasteiger partial charge on any atom is -0.495 e. The fourth-order valence-corrected chi connectivity index (χ4v) is 2.95. The summed E-state index contributed by atoms with van der Waals surface area (Å²) in [4.78, 5) is 15.8. The fourth-order valence-electron chi connectivity index (χ4n) is 2.95. The van der Waals surface area contributed by atoms with Crippen LogP contribution >= 0.6 is 0 Å². The summed E-state index contributed by atoms with van der Waals surface area (Å²) in [5.41, 5.74) is 1.21. The molecule has 1 aliphatic rings. The molecular formula is C19H18N4O2. The number of nitrogens with one attached hydrogen (secondary N) is 2. The molecule has 6 heteroatoms. The third-order valence-corrected chi connectivity index (χ3v) is 4.19. The first-order valence-corrected chi connectivity index (χ1v) is 8.03. The van der Waals surface area contributed by atoms with Crippen LogP contribution in [0.25, 0.3) is 10.8 Å². The molecule has 1 aliphatic heterocycles. The maximum Gasteiger partial charge on any atom is 0.220 e. The lowest BCUT2D eigenvalue weighted by Gasteiger charge is -2.15. The summed E-state index contributed by atoms with van der Waals surface area (Å²) in [5.74, 6) is 7.15. The molecule has 1 unspecified atom stereocenters. The predicted octanol–water partition coefficient (Wildman–Crippen LogP) is 2.18. The zero-order valence-corrected chi connectivity index (χ0v) is 14.1. The van der Waals surface area contributed by atoms with E-state index in [-0.39, 0.29) is 11.9 Å². The second-order valence-electron chi connectivity index (χ2n) is 5.79. The highest BCUT2D eigenvalue weighted by Crippen LogP contribution is 2.31. The van der Waals surface area contributed by atoms with Crippen molar-refractivity contribution < 1.29 is 9.53 Å². The van der Waals surface area contributed by atoms with Crippen molar-refractivity contribution in [3.05, 3.63) is 29.5 Å². The second kappa shape index (κ2) is 7.11. The Hall–Kier alpha value is -3.25. The van der Waals surface area contributed by atoms with E-state index in [0.717, 1.165) is 22.8 Å². The molecule has 1 fully saturated rings. The van der Waals surface area contributed by atoms with Gasteiger partial charge in [-0.1, -0.05) is 5.92 Å². The first kappa shape index (κ1) is 16.6. The van der Waals surface area contributed by atoms with Crippen LogP contribution in [0.5, 0.6) is 5.75 Å². The molecule has 1 aromatic carbocycles. The van der Waals surface area contributed by atoms with Gasteiger partial charge in [0.15, 0.2) is 0 Å². The van der Waals surface area contributed by atoms with Gasteiger partial charge in [0, 0.05) is 36.0 Å². The van der Waals surface area contributed by atoms with E-state index in [1.54, 1.807) is 25.3 Å². The van der Waals surface area contributed by atoms with Gasteiger partial charge in [0.25, 0.3) is 0 Å². The van der Waals surface area contributed by atoms with Crippen molar-refractivity contribution in [2.24, 2.45) is 0 Å². The molecule has 25 heavy (non-hydrogen) atoms. The largest absolute Gasteiger partial charge is 0.495 e. The highest BCUT2D eigenvalue weighted by molar-refractivity contribution is 5.97. The molecule has 0 aliphatic carbocycles. The van der Waals surface area contributed by atoms with Crippen LogP contribution in [0.2, 0.25) is 0 Å². The van der Waals surface area contributed by atoms with Crippen LogP contribution < -0.4 is 15.4 Å². The molecule has 1 amide bonds. The molecule has 2 aromatic rings. The average Bonchev–Trinajstić information content (AvgIpc) is 3.05. The maximum absolute atomic E-state index is 11.3. The van der Waals surface area contributed by atoms with Crippen LogP contribution in [0.4, 0.5) is 5.82 Å². The lowest BCUT2D eigenvalue weighted by Crippen LogP contribution is -2.32. The van der Waals surface area contributed by atoms with Crippen molar-refractivity contribution in [2.45, 2.75) is 25.8 Å². The van der Waals surface area contributed by atoms with Crippen LogP contribution in [-0.4, -0.2) is 30.6 Å². The monoisotopic (exact) mass is 334 g/mol. The fraction of sp³-hybridized carbons (Fsp3) is 0.316. The van der Waals surface area contributed by atoms with E-state index in [1.807, 2.05) is 0 Å². The first-order valence-electron chi connectivity index (χ1n) is 8.03. The highest BCUT2D eigenvalue weighted by Gasteiger charge is 2.21. The van der Waals surface area contributed by atoms with Crippen LogP contribution in [0.3, 0.4) is 0 Å². The first-order chi connectivity index (χ1) is 12.2. The third-order valence-electron chi connectivity index (χ3n) is 4.19. The number of methoxy groups -OCH3 is 1.